The largest absolute Gasteiger partial charge is 0.507 e. The SMILES string of the molecule is CCN1CCc2cc(CCCCF)cc3c2C1Cc1cccc(O)c1-3. The normalized spacial score (nSPS) is 18.7. The zero-order chi connectivity index (χ0) is 17.4. The van der Waals surface area contributed by atoms with Gasteiger partial charge in [0.05, 0.1) is 6.67 Å². The summed E-state index contributed by atoms with van der Waals surface area (Å²) in [5.74, 6) is 0.382. The first-order chi connectivity index (χ1) is 12.2. The zero-order valence-electron chi connectivity index (χ0n) is 14.9. The Hall–Kier alpha value is -1.87. The van der Waals surface area contributed by atoms with Crippen molar-refractivity contribution < 1.29 is 9.50 Å². The molecule has 1 heterocycles. The molecular formula is C22H26FNO. The minimum Gasteiger partial charge on any atom is -0.507 e. The molecule has 0 saturated heterocycles. The van der Waals surface area contributed by atoms with E-state index in [4.69, 9.17) is 0 Å². The molecule has 0 amide bonds. The third-order valence-electron chi connectivity index (χ3n) is 5.83. The highest BCUT2D eigenvalue weighted by Gasteiger charge is 2.34. The van der Waals surface area contributed by atoms with Gasteiger partial charge in [-0.2, -0.15) is 0 Å². The fourth-order valence-electron chi connectivity index (χ4n) is 4.64. The number of phenols is 1. The van der Waals surface area contributed by atoms with Gasteiger partial charge in [0.25, 0.3) is 0 Å². The fourth-order valence-corrected chi connectivity index (χ4v) is 4.64. The second-order valence-electron chi connectivity index (χ2n) is 7.27. The second-order valence-corrected chi connectivity index (χ2v) is 7.27. The minimum absolute atomic E-state index is 0.241. The maximum absolute atomic E-state index is 12.5. The van der Waals surface area contributed by atoms with Crippen LogP contribution in [0.15, 0.2) is 30.3 Å². The van der Waals surface area contributed by atoms with Gasteiger partial charge in [-0.25, -0.2) is 0 Å². The first-order valence-corrected chi connectivity index (χ1v) is 9.49. The van der Waals surface area contributed by atoms with Crippen LogP contribution < -0.4 is 0 Å². The number of fused-ring (bicyclic) bond motifs is 2. The highest BCUT2D eigenvalue weighted by molar-refractivity contribution is 5.80. The molecule has 1 atom stereocenters. The lowest BCUT2D eigenvalue weighted by Crippen LogP contribution is -2.38. The number of hydrogen-bond donors (Lipinski definition) is 1. The van der Waals surface area contributed by atoms with Crippen LogP contribution in [0, 0.1) is 0 Å². The number of aromatic hydroxyl groups is 1. The van der Waals surface area contributed by atoms with E-state index in [-0.39, 0.29) is 6.67 Å². The van der Waals surface area contributed by atoms with Gasteiger partial charge in [0.2, 0.25) is 0 Å². The number of aryl methyl sites for hydroxylation is 1. The summed E-state index contributed by atoms with van der Waals surface area (Å²) in [6.07, 6.45) is 4.45. The average molecular weight is 339 g/mol. The lowest BCUT2D eigenvalue weighted by atomic mass is 9.75. The number of phenolic OH excluding ortho intramolecular Hbond substituents is 1. The van der Waals surface area contributed by atoms with Gasteiger partial charge in [-0.15, -0.1) is 0 Å². The Morgan fingerprint density at radius 1 is 1.20 bits per heavy atom. The number of nitrogens with zero attached hydrogens (tertiary/aromatic N) is 1. The van der Waals surface area contributed by atoms with Crippen LogP contribution in [0.5, 0.6) is 5.75 Å². The molecule has 0 spiro atoms. The molecule has 2 nitrogen and oxygen atoms in total. The molecule has 2 aromatic rings. The van der Waals surface area contributed by atoms with Crippen LogP contribution in [-0.4, -0.2) is 29.8 Å². The topological polar surface area (TPSA) is 23.5 Å². The van der Waals surface area contributed by atoms with Gasteiger partial charge in [-0.1, -0.05) is 31.2 Å². The Labute approximate surface area is 149 Å². The molecule has 0 fully saturated rings. The van der Waals surface area contributed by atoms with Crippen molar-refractivity contribution in [3.05, 3.63) is 52.6 Å². The van der Waals surface area contributed by atoms with Gasteiger partial charge in [-0.3, -0.25) is 9.29 Å². The van der Waals surface area contributed by atoms with E-state index in [0.717, 1.165) is 44.3 Å². The summed E-state index contributed by atoms with van der Waals surface area (Å²) in [6.45, 7) is 4.13. The minimum atomic E-state index is -0.241. The van der Waals surface area contributed by atoms with E-state index in [9.17, 15) is 9.50 Å². The van der Waals surface area contributed by atoms with E-state index in [1.54, 1.807) is 6.07 Å². The van der Waals surface area contributed by atoms with Crippen LogP contribution in [0.3, 0.4) is 0 Å². The van der Waals surface area contributed by atoms with Gasteiger partial charge < -0.3 is 5.11 Å². The summed E-state index contributed by atoms with van der Waals surface area (Å²) in [7, 11) is 0. The molecule has 3 heteroatoms. The Bertz CT molecular complexity index is 786. The third-order valence-corrected chi connectivity index (χ3v) is 5.83. The Morgan fingerprint density at radius 3 is 2.88 bits per heavy atom. The predicted molar refractivity (Wildman–Crippen MR) is 99.9 cm³/mol. The highest BCUT2D eigenvalue weighted by atomic mass is 19.1. The smallest absolute Gasteiger partial charge is 0.123 e. The number of alkyl halides is 1. The fraction of sp³-hybridized carbons (Fsp3) is 0.455. The van der Waals surface area contributed by atoms with E-state index < -0.39 is 0 Å². The van der Waals surface area contributed by atoms with Gasteiger partial charge in [0.1, 0.15) is 5.75 Å². The Kier molecular flexibility index (Phi) is 4.51. The molecule has 2 aliphatic rings. The quantitative estimate of drug-likeness (QED) is 0.789. The van der Waals surface area contributed by atoms with E-state index >= 15 is 0 Å². The monoisotopic (exact) mass is 339 g/mol. The molecule has 4 rings (SSSR count). The summed E-state index contributed by atoms with van der Waals surface area (Å²) >= 11 is 0. The highest BCUT2D eigenvalue weighted by Crippen LogP contribution is 2.48. The van der Waals surface area contributed by atoms with Crippen LogP contribution in [0.2, 0.25) is 0 Å². The second kappa shape index (κ2) is 6.80. The maximum Gasteiger partial charge on any atom is 0.123 e. The third kappa shape index (κ3) is 2.85. The van der Waals surface area contributed by atoms with Crippen molar-refractivity contribution in [2.24, 2.45) is 0 Å². The standard InChI is InChI=1S/C22H26FNO/c1-2-24-11-9-17-12-15(6-3-4-10-23)13-18-21(17)19(24)14-16-7-5-8-20(25)22(16)18/h5,7-8,12-13,19,25H,2-4,6,9-11,14H2,1H3. The molecule has 1 unspecified atom stereocenters. The van der Waals surface area contributed by atoms with Crippen molar-refractivity contribution in [2.45, 2.75) is 45.1 Å². The number of likely N-dealkylation sites (N-methyl/N-ethyl adjacent to an activating group) is 1. The molecule has 0 aromatic heterocycles. The molecule has 25 heavy (non-hydrogen) atoms. The molecule has 0 bridgehead atoms. The molecule has 1 aliphatic carbocycles. The number of rotatable bonds is 5. The Balaban J connectivity index is 1.85. The van der Waals surface area contributed by atoms with E-state index in [1.165, 1.54) is 27.8 Å². The van der Waals surface area contributed by atoms with Crippen LogP contribution >= 0.6 is 0 Å². The van der Waals surface area contributed by atoms with Gasteiger partial charge >= 0.3 is 0 Å². The summed E-state index contributed by atoms with van der Waals surface area (Å²) in [5.41, 5.74) is 7.58. The lowest BCUT2D eigenvalue weighted by molar-refractivity contribution is 0.192. The van der Waals surface area contributed by atoms with Crippen molar-refractivity contribution in [1.82, 2.24) is 4.90 Å². The molecule has 1 aliphatic heterocycles. The first-order valence-electron chi connectivity index (χ1n) is 9.49. The first kappa shape index (κ1) is 16.6. The number of benzene rings is 2. The van der Waals surface area contributed by atoms with Gasteiger partial charge in [-0.05, 0) is 72.5 Å². The summed E-state index contributed by atoms with van der Waals surface area (Å²) in [4.78, 5) is 2.56. The van der Waals surface area contributed by atoms with Crippen molar-refractivity contribution in [2.75, 3.05) is 19.8 Å². The van der Waals surface area contributed by atoms with E-state index in [1.807, 2.05) is 6.07 Å². The van der Waals surface area contributed by atoms with Gasteiger partial charge in [0.15, 0.2) is 0 Å². The van der Waals surface area contributed by atoms with Crippen molar-refractivity contribution in [1.29, 1.82) is 0 Å². The van der Waals surface area contributed by atoms with Crippen molar-refractivity contribution >= 4 is 0 Å². The molecule has 132 valence electrons. The molecular weight excluding hydrogens is 313 g/mol. The number of unbranched alkanes of at least 4 members (excludes halogenated alkanes) is 1. The van der Waals surface area contributed by atoms with Crippen molar-refractivity contribution in [3.63, 3.8) is 0 Å². The summed E-state index contributed by atoms with van der Waals surface area (Å²) in [5, 5.41) is 10.5. The van der Waals surface area contributed by atoms with E-state index in [2.05, 4.69) is 30.0 Å². The summed E-state index contributed by atoms with van der Waals surface area (Å²) < 4.78 is 12.5. The molecule has 0 saturated carbocycles. The maximum atomic E-state index is 12.5. The average Bonchev–Trinajstić information content (AvgIpc) is 2.62. The van der Waals surface area contributed by atoms with Crippen LogP contribution in [0.1, 0.15) is 48.1 Å². The Morgan fingerprint density at radius 2 is 2.08 bits per heavy atom. The number of hydrogen-bond acceptors (Lipinski definition) is 2. The molecule has 0 radical (unpaired) electrons. The summed E-state index contributed by atoms with van der Waals surface area (Å²) in [6, 6.07) is 10.9. The number of halogens is 1. The van der Waals surface area contributed by atoms with Gasteiger partial charge in [0, 0.05) is 18.2 Å². The molecule has 1 N–H and O–H groups in total. The lowest BCUT2D eigenvalue weighted by Gasteiger charge is -2.41. The van der Waals surface area contributed by atoms with Crippen molar-refractivity contribution in [3.8, 4) is 16.9 Å². The van der Waals surface area contributed by atoms with Crippen LogP contribution in [0.25, 0.3) is 11.1 Å². The zero-order valence-corrected chi connectivity index (χ0v) is 14.9. The van der Waals surface area contributed by atoms with Crippen LogP contribution in [-0.2, 0) is 19.3 Å². The van der Waals surface area contributed by atoms with Crippen LogP contribution in [0.4, 0.5) is 4.39 Å². The molecule has 2 aromatic carbocycles. The van der Waals surface area contributed by atoms with E-state index in [0.29, 0.717) is 18.2 Å². The predicted octanol–water partition coefficient (Wildman–Crippen LogP) is 4.83.